The highest BCUT2D eigenvalue weighted by Crippen LogP contribution is 2.42. The van der Waals surface area contributed by atoms with Crippen LogP contribution in [0.2, 0.25) is 0 Å². The first kappa shape index (κ1) is 31.7. The average molecular weight is 726 g/mol. The smallest absolute Gasteiger partial charge is 0.0541 e. The molecule has 3 nitrogen and oxygen atoms in total. The highest BCUT2D eigenvalue weighted by molar-refractivity contribution is 6.14. The zero-order valence-electron chi connectivity index (χ0n) is 31.0. The third kappa shape index (κ3) is 4.73. The standard InChI is InChI=1S/C54H35N3/c1-2-16-38(17-3-1)55-53-32-30-36(39-18-4-10-24-47(39)56-49-26-12-6-20-41(49)42-21-7-13-27-50(42)56)34-45(53)46-35-37(31-33-54(46)55)40-19-5-11-25-48(40)57-51-28-14-8-22-43(51)44-23-9-15-29-52(44)57/h1-35H. The van der Waals surface area contributed by atoms with E-state index in [2.05, 4.69) is 226 Å². The Bertz CT molecular complexity index is 3200. The van der Waals surface area contributed by atoms with E-state index in [-0.39, 0.29) is 0 Å². The Morgan fingerprint density at radius 1 is 0.228 bits per heavy atom. The molecule has 0 aliphatic heterocycles. The predicted octanol–water partition coefficient (Wildman–Crippen LogP) is 14.3. The van der Waals surface area contributed by atoms with E-state index < -0.39 is 0 Å². The van der Waals surface area contributed by atoms with Crippen LogP contribution in [-0.2, 0) is 0 Å². The van der Waals surface area contributed by atoms with Crippen LogP contribution in [-0.4, -0.2) is 13.7 Å². The number of benzene rings is 9. The molecule has 0 amide bonds. The minimum Gasteiger partial charge on any atom is -0.309 e. The van der Waals surface area contributed by atoms with Gasteiger partial charge in [-0.25, -0.2) is 0 Å². The van der Waals surface area contributed by atoms with E-state index in [1.54, 1.807) is 0 Å². The molecule has 0 fully saturated rings. The monoisotopic (exact) mass is 725 g/mol. The summed E-state index contributed by atoms with van der Waals surface area (Å²) in [6.45, 7) is 0. The molecule has 0 unspecified atom stereocenters. The molecule has 57 heavy (non-hydrogen) atoms. The lowest BCUT2D eigenvalue weighted by molar-refractivity contribution is 1.18. The van der Waals surface area contributed by atoms with Gasteiger partial charge in [-0.15, -0.1) is 0 Å². The summed E-state index contributed by atoms with van der Waals surface area (Å²) in [7, 11) is 0. The Labute approximate surface area is 329 Å². The molecule has 0 saturated carbocycles. The first-order valence-electron chi connectivity index (χ1n) is 19.6. The number of rotatable bonds is 5. The lowest BCUT2D eigenvalue weighted by Crippen LogP contribution is -1.97. The molecule has 9 aromatic carbocycles. The molecule has 0 radical (unpaired) electrons. The Morgan fingerprint density at radius 2 is 0.561 bits per heavy atom. The molecule has 3 aromatic heterocycles. The SMILES string of the molecule is c1ccc(-n2c3ccc(-c4ccccc4-n4c5ccccc5c5ccccc54)cc3c3cc(-c4ccccc4-n4c5ccccc5c5ccccc54)ccc32)cc1. The topological polar surface area (TPSA) is 14.8 Å². The van der Waals surface area contributed by atoms with Crippen molar-refractivity contribution in [3.8, 4) is 39.3 Å². The largest absolute Gasteiger partial charge is 0.309 e. The van der Waals surface area contributed by atoms with Crippen LogP contribution < -0.4 is 0 Å². The van der Waals surface area contributed by atoms with Crippen LogP contribution in [0.5, 0.6) is 0 Å². The fraction of sp³-hybridized carbons (Fsp3) is 0. The van der Waals surface area contributed by atoms with Crippen molar-refractivity contribution >= 4 is 65.4 Å². The van der Waals surface area contributed by atoms with Crippen molar-refractivity contribution in [1.82, 2.24) is 13.7 Å². The second-order valence-corrected chi connectivity index (χ2v) is 14.9. The molecule has 0 aliphatic rings. The summed E-state index contributed by atoms with van der Waals surface area (Å²) in [6, 6.07) is 77.5. The van der Waals surface area contributed by atoms with Gasteiger partial charge in [0.25, 0.3) is 0 Å². The van der Waals surface area contributed by atoms with Crippen LogP contribution in [0, 0.1) is 0 Å². The van der Waals surface area contributed by atoms with Gasteiger partial charge in [-0.05, 0) is 83.9 Å². The van der Waals surface area contributed by atoms with Crippen molar-refractivity contribution in [2.75, 3.05) is 0 Å². The van der Waals surface area contributed by atoms with E-state index in [9.17, 15) is 0 Å². The van der Waals surface area contributed by atoms with E-state index >= 15 is 0 Å². The molecule has 0 bridgehead atoms. The van der Waals surface area contributed by atoms with Crippen LogP contribution in [0.15, 0.2) is 212 Å². The van der Waals surface area contributed by atoms with E-state index in [0.717, 1.165) is 5.69 Å². The summed E-state index contributed by atoms with van der Waals surface area (Å²) >= 11 is 0. The van der Waals surface area contributed by atoms with E-state index in [1.807, 2.05) is 0 Å². The van der Waals surface area contributed by atoms with Gasteiger partial charge in [0.05, 0.1) is 44.5 Å². The zero-order chi connectivity index (χ0) is 37.5. The van der Waals surface area contributed by atoms with Crippen molar-refractivity contribution in [2.45, 2.75) is 0 Å². The summed E-state index contributed by atoms with van der Waals surface area (Å²) in [5.41, 5.74) is 15.4. The Morgan fingerprint density at radius 3 is 0.982 bits per heavy atom. The van der Waals surface area contributed by atoms with Gasteiger partial charge in [0, 0.05) is 49.1 Å². The van der Waals surface area contributed by atoms with Gasteiger partial charge >= 0.3 is 0 Å². The minimum atomic E-state index is 1.15. The highest BCUT2D eigenvalue weighted by atomic mass is 15.0. The van der Waals surface area contributed by atoms with Crippen LogP contribution in [0.1, 0.15) is 0 Å². The normalized spacial score (nSPS) is 11.9. The van der Waals surface area contributed by atoms with Gasteiger partial charge in [-0.3, -0.25) is 0 Å². The van der Waals surface area contributed by atoms with Crippen molar-refractivity contribution in [3.05, 3.63) is 212 Å². The van der Waals surface area contributed by atoms with Crippen molar-refractivity contribution < 1.29 is 0 Å². The number of hydrogen-bond donors (Lipinski definition) is 0. The second-order valence-electron chi connectivity index (χ2n) is 14.9. The number of nitrogens with zero attached hydrogens (tertiary/aromatic N) is 3. The Hall–Kier alpha value is -7.62. The van der Waals surface area contributed by atoms with Crippen LogP contribution >= 0.6 is 0 Å². The minimum absolute atomic E-state index is 1.15. The molecular formula is C54H35N3. The lowest BCUT2D eigenvalue weighted by atomic mass is 9.98. The van der Waals surface area contributed by atoms with E-state index in [4.69, 9.17) is 0 Å². The molecule has 0 spiro atoms. The molecular weight excluding hydrogens is 691 g/mol. The van der Waals surface area contributed by atoms with Crippen molar-refractivity contribution in [2.24, 2.45) is 0 Å². The van der Waals surface area contributed by atoms with Gasteiger partial charge in [-0.1, -0.05) is 140 Å². The van der Waals surface area contributed by atoms with E-state index in [1.165, 1.54) is 99.0 Å². The number of aromatic nitrogens is 3. The molecule has 0 N–H and O–H groups in total. The van der Waals surface area contributed by atoms with Gasteiger partial charge in [0.15, 0.2) is 0 Å². The van der Waals surface area contributed by atoms with Gasteiger partial charge in [0.1, 0.15) is 0 Å². The summed E-state index contributed by atoms with van der Waals surface area (Å²) in [4.78, 5) is 0. The molecule has 3 heteroatoms. The third-order valence-electron chi connectivity index (χ3n) is 11.9. The first-order valence-corrected chi connectivity index (χ1v) is 19.6. The van der Waals surface area contributed by atoms with Crippen molar-refractivity contribution in [3.63, 3.8) is 0 Å². The van der Waals surface area contributed by atoms with Crippen LogP contribution in [0.25, 0.3) is 105 Å². The van der Waals surface area contributed by atoms with Gasteiger partial charge < -0.3 is 13.7 Å². The maximum absolute atomic E-state index is 2.43. The lowest BCUT2D eigenvalue weighted by Gasteiger charge is -2.14. The zero-order valence-corrected chi connectivity index (χ0v) is 31.0. The molecule has 0 saturated heterocycles. The maximum atomic E-state index is 2.43. The second kappa shape index (κ2) is 12.5. The molecule has 12 rings (SSSR count). The molecule has 0 aliphatic carbocycles. The van der Waals surface area contributed by atoms with Gasteiger partial charge in [0.2, 0.25) is 0 Å². The molecule has 0 atom stereocenters. The predicted molar refractivity (Wildman–Crippen MR) is 240 cm³/mol. The van der Waals surface area contributed by atoms with Gasteiger partial charge in [-0.2, -0.15) is 0 Å². The molecule has 12 aromatic rings. The van der Waals surface area contributed by atoms with Crippen molar-refractivity contribution in [1.29, 1.82) is 0 Å². The van der Waals surface area contributed by atoms with Crippen LogP contribution in [0.4, 0.5) is 0 Å². The quantitative estimate of drug-likeness (QED) is 0.168. The maximum Gasteiger partial charge on any atom is 0.0541 e. The van der Waals surface area contributed by atoms with Crippen LogP contribution in [0.3, 0.4) is 0 Å². The third-order valence-corrected chi connectivity index (χ3v) is 11.9. The highest BCUT2D eigenvalue weighted by Gasteiger charge is 2.20. The first-order chi connectivity index (χ1) is 28.3. The summed E-state index contributed by atoms with van der Waals surface area (Å²) < 4.78 is 7.28. The fourth-order valence-corrected chi connectivity index (χ4v) is 9.40. The molecule has 3 heterocycles. The molecule has 266 valence electrons. The summed E-state index contributed by atoms with van der Waals surface area (Å²) in [6.07, 6.45) is 0. The Balaban J connectivity index is 1.10. The fourth-order valence-electron chi connectivity index (χ4n) is 9.40. The number of para-hydroxylation sites is 7. The number of hydrogen-bond acceptors (Lipinski definition) is 0. The average Bonchev–Trinajstić information content (AvgIpc) is 3.92. The number of fused-ring (bicyclic) bond motifs is 9. The van der Waals surface area contributed by atoms with E-state index in [0.29, 0.717) is 0 Å². The summed E-state index contributed by atoms with van der Waals surface area (Å²) in [5.74, 6) is 0. The summed E-state index contributed by atoms with van der Waals surface area (Å²) in [5, 5.41) is 7.49. The Kier molecular flexibility index (Phi) is 6.93.